The molecule has 0 unspecified atom stereocenters. The highest BCUT2D eigenvalue weighted by Gasteiger charge is 2.17. The summed E-state index contributed by atoms with van der Waals surface area (Å²) in [5, 5.41) is 9.99. The standard InChI is InChI=1S/C24H24N4O3S2/c1-4-12-30-18-9-7-17(8-10-18)21-14-33-24(26-21)27-22(29)19-6-5-11-25-23(19)32-13-20-15(2)28-31-16(20)3/h5-11,14H,4,12-13H2,1-3H3,(H,26,27,29). The summed E-state index contributed by atoms with van der Waals surface area (Å²) in [6, 6.07) is 11.3. The van der Waals surface area contributed by atoms with Crippen LogP contribution in [-0.2, 0) is 5.75 Å². The van der Waals surface area contributed by atoms with Gasteiger partial charge in [-0.05, 0) is 56.7 Å². The molecule has 0 bridgehead atoms. The maximum atomic E-state index is 13.0. The van der Waals surface area contributed by atoms with E-state index in [1.165, 1.54) is 23.1 Å². The fourth-order valence-electron chi connectivity index (χ4n) is 3.10. The van der Waals surface area contributed by atoms with Crippen LogP contribution in [0.5, 0.6) is 5.75 Å². The highest BCUT2D eigenvalue weighted by molar-refractivity contribution is 7.98. The Bertz CT molecular complexity index is 1220. The van der Waals surface area contributed by atoms with E-state index in [1.54, 1.807) is 18.3 Å². The number of carbonyl (C=O) groups is 1. The zero-order chi connectivity index (χ0) is 23.2. The molecule has 0 aliphatic carbocycles. The number of benzene rings is 1. The third-order valence-corrected chi connectivity index (χ3v) is 6.69. The van der Waals surface area contributed by atoms with E-state index in [0.717, 1.165) is 40.4 Å². The van der Waals surface area contributed by atoms with Crippen molar-refractivity contribution in [2.24, 2.45) is 0 Å². The first kappa shape index (κ1) is 23.0. The van der Waals surface area contributed by atoms with E-state index in [4.69, 9.17) is 9.26 Å². The molecule has 0 saturated carbocycles. The van der Waals surface area contributed by atoms with Gasteiger partial charge in [-0.15, -0.1) is 23.1 Å². The van der Waals surface area contributed by atoms with Crippen molar-refractivity contribution >= 4 is 34.1 Å². The Morgan fingerprint density at radius 2 is 2.03 bits per heavy atom. The number of nitrogens with zero attached hydrogens (tertiary/aromatic N) is 3. The molecule has 1 N–H and O–H groups in total. The molecule has 7 nitrogen and oxygen atoms in total. The quantitative estimate of drug-likeness (QED) is 0.288. The smallest absolute Gasteiger partial charge is 0.260 e. The van der Waals surface area contributed by atoms with Gasteiger partial charge in [0.2, 0.25) is 0 Å². The Labute approximate surface area is 200 Å². The van der Waals surface area contributed by atoms with Gasteiger partial charge in [0.1, 0.15) is 16.5 Å². The summed E-state index contributed by atoms with van der Waals surface area (Å²) < 4.78 is 10.9. The number of hydrogen-bond donors (Lipinski definition) is 1. The Hall–Kier alpha value is -3.17. The van der Waals surface area contributed by atoms with E-state index in [0.29, 0.717) is 28.1 Å². The van der Waals surface area contributed by atoms with Gasteiger partial charge in [0.15, 0.2) is 5.13 Å². The van der Waals surface area contributed by atoms with Crippen LogP contribution in [0.2, 0.25) is 0 Å². The summed E-state index contributed by atoms with van der Waals surface area (Å²) in [6.45, 7) is 6.56. The average Bonchev–Trinajstić information content (AvgIpc) is 3.43. The molecule has 0 saturated heterocycles. The number of hydrogen-bond acceptors (Lipinski definition) is 8. The number of thiazole rings is 1. The number of ether oxygens (including phenoxy) is 1. The van der Waals surface area contributed by atoms with E-state index in [1.807, 2.05) is 43.5 Å². The number of thioether (sulfide) groups is 1. The monoisotopic (exact) mass is 480 g/mol. The molecule has 4 rings (SSSR count). The molecular weight excluding hydrogens is 456 g/mol. The number of aryl methyl sites for hydroxylation is 2. The molecule has 0 fully saturated rings. The zero-order valence-electron chi connectivity index (χ0n) is 18.6. The van der Waals surface area contributed by atoms with Crippen molar-refractivity contribution in [2.45, 2.75) is 38.0 Å². The normalized spacial score (nSPS) is 10.9. The van der Waals surface area contributed by atoms with Crippen molar-refractivity contribution < 1.29 is 14.1 Å². The van der Waals surface area contributed by atoms with Crippen LogP contribution in [0, 0.1) is 13.8 Å². The lowest BCUT2D eigenvalue weighted by Crippen LogP contribution is -2.13. The minimum absolute atomic E-state index is 0.242. The van der Waals surface area contributed by atoms with Gasteiger partial charge in [0.25, 0.3) is 5.91 Å². The Balaban J connectivity index is 1.43. The Morgan fingerprint density at radius 1 is 1.21 bits per heavy atom. The first-order chi connectivity index (χ1) is 16.0. The topological polar surface area (TPSA) is 90.1 Å². The molecule has 1 amide bonds. The van der Waals surface area contributed by atoms with E-state index < -0.39 is 0 Å². The first-order valence-electron chi connectivity index (χ1n) is 10.5. The van der Waals surface area contributed by atoms with Crippen molar-refractivity contribution in [1.82, 2.24) is 15.1 Å². The predicted octanol–water partition coefficient (Wildman–Crippen LogP) is 6.14. The predicted molar refractivity (Wildman–Crippen MR) is 131 cm³/mol. The number of nitrogens with one attached hydrogen (secondary N) is 1. The van der Waals surface area contributed by atoms with E-state index >= 15 is 0 Å². The third kappa shape index (κ3) is 5.61. The van der Waals surface area contributed by atoms with E-state index in [9.17, 15) is 4.79 Å². The summed E-state index contributed by atoms with van der Waals surface area (Å²) in [4.78, 5) is 22.0. The lowest BCUT2D eigenvalue weighted by Gasteiger charge is -2.07. The summed E-state index contributed by atoms with van der Waals surface area (Å²) in [5.41, 5.74) is 4.14. The number of aromatic nitrogens is 3. The summed E-state index contributed by atoms with van der Waals surface area (Å²) >= 11 is 2.86. The molecule has 3 heterocycles. The molecule has 170 valence electrons. The van der Waals surface area contributed by atoms with Crippen LogP contribution < -0.4 is 10.1 Å². The zero-order valence-corrected chi connectivity index (χ0v) is 20.3. The largest absolute Gasteiger partial charge is 0.494 e. The number of carbonyl (C=O) groups excluding carboxylic acids is 1. The molecule has 3 aromatic heterocycles. The molecule has 0 radical (unpaired) electrons. The molecule has 1 aromatic carbocycles. The van der Waals surface area contributed by atoms with Crippen molar-refractivity contribution in [3.8, 4) is 17.0 Å². The number of anilines is 1. The molecule has 0 atom stereocenters. The molecule has 33 heavy (non-hydrogen) atoms. The Morgan fingerprint density at radius 3 is 2.76 bits per heavy atom. The van der Waals surface area contributed by atoms with Crippen molar-refractivity contribution in [3.63, 3.8) is 0 Å². The fraction of sp³-hybridized carbons (Fsp3) is 0.250. The van der Waals surface area contributed by atoms with Gasteiger partial charge >= 0.3 is 0 Å². The van der Waals surface area contributed by atoms with E-state index in [-0.39, 0.29) is 5.91 Å². The molecule has 0 aliphatic rings. The first-order valence-corrected chi connectivity index (χ1v) is 12.4. The Kier molecular flexibility index (Phi) is 7.41. The van der Waals surface area contributed by atoms with Crippen molar-refractivity contribution in [1.29, 1.82) is 0 Å². The summed E-state index contributed by atoms with van der Waals surface area (Å²) in [5.74, 6) is 2.00. The lowest BCUT2D eigenvalue weighted by atomic mass is 10.2. The maximum Gasteiger partial charge on any atom is 0.260 e. The highest BCUT2D eigenvalue weighted by atomic mass is 32.2. The summed E-state index contributed by atoms with van der Waals surface area (Å²) in [7, 11) is 0. The third-order valence-electron chi connectivity index (χ3n) is 4.90. The van der Waals surface area contributed by atoms with Crippen LogP contribution in [0.15, 0.2) is 57.5 Å². The van der Waals surface area contributed by atoms with Crippen LogP contribution in [0.25, 0.3) is 11.3 Å². The van der Waals surface area contributed by atoms with Gasteiger partial charge in [-0.1, -0.05) is 12.1 Å². The summed E-state index contributed by atoms with van der Waals surface area (Å²) in [6.07, 6.45) is 2.65. The van der Waals surface area contributed by atoms with Crippen LogP contribution in [-0.4, -0.2) is 27.6 Å². The van der Waals surface area contributed by atoms with Crippen molar-refractivity contribution in [2.75, 3.05) is 11.9 Å². The van der Waals surface area contributed by atoms with Crippen LogP contribution in [0.1, 0.15) is 40.7 Å². The average molecular weight is 481 g/mol. The van der Waals surface area contributed by atoms with Gasteiger partial charge in [-0.3, -0.25) is 10.1 Å². The van der Waals surface area contributed by atoms with Crippen LogP contribution in [0.4, 0.5) is 5.13 Å². The maximum absolute atomic E-state index is 13.0. The van der Waals surface area contributed by atoms with Crippen LogP contribution >= 0.6 is 23.1 Å². The number of pyridine rings is 1. The molecule has 0 aliphatic heterocycles. The molecule has 4 aromatic rings. The second-order valence-corrected chi connectivity index (χ2v) is 9.13. The second-order valence-electron chi connectivity index (χ2n) is 7.31. The molecular formula is C24H24N4O3S2. The van der Waals surface area contributed by atoms with Gasteiger partial charge in [-0.2, -0.15) is 0 Å². The number of amides is 1. The van der Waals surface area contributed by atoms with E-state index in [2.05, 4.69) is 27.4 Å². The second kappa shape index (κ2) is 10.6. The molecule has 9 heteroatoms. The minimum Gasteiger partial charge on any atom is -0.494 e. The lowest BCUT2D eigenvalue weighted by molar-refractivity contribution is 0.102. The fourth-order valence-corrected chi connectivity index (χ4v) is 4.96. The van der Waals surface area contributed by atoms with Gasteiger partial charge in [-0.25, -0.2) is 9.97 Å². The van der Waals surface area contributed by atoms with Gasteiger partial charge < -0.3 is 9.26 Å². The SMILES string of the molecule is CCCOc1ccc(-c2csc(NC(=O)c3cccnc3SCc3c(C)noc3C)n2)cc1. The van der Waals surface area contributed by atoms with Gasteiger partial charge in [0, 0.05) is 28.5 Å². The minimum atomic E-state index is -0.242. The van der Waals surface area contributed by atoms with Crippen molar-refractivity contribution in [3.05, 3.63) is 70.6 Å². The number of rotatable bonds is 9. The van der Waals surface area contributed by atoms with Gasteiger partial charge in [0.05, 0.1) is 23.6 Å². The molecule has 0 spiro atoms. The highest BCUT2D eigenvalue weighted by Crippen LogP contribution is 2.29. The van der Waals surface area contributed by atoms with Crippen LogP contribution in [0.3, 0.4) is 0 Å².